The van der Waals surface area contributed by atoms with Gasteiger partial charge >= 0.3 is 11.6 Å². The van der Waals surface area contributed by atoms with Crippen molar-refractivity contribution in [2.24, 2.45) is 0 Å². The molecule has 1 heterocycles. The molecule has 0 spiro atoms. The Balaban J connectivity index is 1.61. The van der Waals surface area contributed by atoms with Crippen molar-refractivity contribution in [3.63, 3.8) is 0 Å². The number of ether oxygens (including phenoxy) is 1. The molecule has 39 heavy (non-hydrogen) atoms. The van der Waals surface area contributed by atoms with Gasteiger partial charge in [0.1, 0.15) is 17.4 Å². The van der Waals surface area contributed by atoms with Crippen LogP contribution in [-0.2, 0) is 21.2 Å². The molecule has 1 N–H and O–H groups in total. The van der Waals surface area contributed by atoms with Crippen LogP contribution < -0.4 is 15.1 Å². The van der Waals surface area contributed by atoms with E-state index < -0.39 is 27.7 Å². The molecule has 0 bridgehead atoms. The van der Waals surface area contributed by atoms with E-state index in [1.807, 2.05) is 51.1 Å². The Morgan fingerprint density at radius 3 is 2.31 bits per heavy atom. The Morgan fingerprint density at radius 2 is 1.64 bits per heavy atom. The average molecular weight is 548 g/mol. The number of rotatable bonds is 10. The molecule has 1 unspecified atom stereocenters. The largest absolute Gasteiger partial charge is 0.425 e. The van der Waals surface area contributed by atoms with Gasteiger partial charge in [-0.3, -0.25) is 0 Å². The Labute approximate surface area is 228 Å². The van der Waals surface area contributed by atoms with Crippen LogP contribution in [0.2, 0.25) is 0 Å². The number of fused-ring (bicyclic) bond motifs is 1. The summed E-state index contributed by atoms with van der Waals surface area (Å²) in [6.07, 6.45) is 2.14. The highest BCUT2D eigenvalue weighted by atomic mass is 32.2. The number of carbonyl (C=O) groups is 1. The Morgan fingerprint density at radius 1 is 0.949 bits per heavy atom. The van der Waals surface area contributed by atoms with Crippen molar-refractivity contribution in [1.82, 2.24) is 4.72 Å². The molecule has 0 saturated carbocycles. The SMILES string of the molecule is CCCCC(NS(=O)(=O)c1ccc(C)cc1)C(=O)Oc1ccc2c(C)c(Cc3ccccc3)c(=O)oc2c1C. The summed E-state index contributed by atoms with van der Waals surface area (Å²) in [6, 6.07) is 18.4. The quantitative estimate of drug-likeness (QED) is 0.154. The van der Waals surface area contributed by atoms with Gasteiger partial charge in [0.15, 0.2) is 0 Å². The average Bonchev–Trinajstić information content (AvgIpc) is 2.91. The van der Waals surface area contributed by atoms with Gasteiger partial charge in [-0.25, -0.2) is 18.0 Å². The number of esters is 1. The standard InChI is InChI=1S/C31H33NO6S/c1-5-6-12-27(32-39(35,36)24-15-13-20(2)14-16-24)31(34)37-28-18-17-25-21(3)26(19-23-10-8-7-9-11-23)30(33)38-29(25)22(28)4/h7-11,13-18,27,32H,5-6,12,19H2,1-4H3. The third-order valence-electron chi connectivity index (χ3n) is 6.85. The Bertz CT molecular complexity index is 1640. The van der Waals surface area contributed by atoms with Crippen LogP contribution in [0, 0.1) is 20.8 Å². The number of sulfonamides is 1. The van der Waals surface area contributed by atoms with E-state index >= 15 is 0 Å². The van der Waals surface area contributed by atoms with Crippen LogP contribution in [0.25, 0.3) is 11.0 Å². The zero-order chi connectivity index (χ0) is 28.2. The second-order valence-electron chi connectivity index (χ2n) is 9.77. The van der Waals surface area contributed by atoms with E-state index in [1.54, 1.807) is 31.2 Å². The number of benzene rings is 3. The van der Waals surface area contributed by atoms with E-state index in [0.29, 0.717) is 29.6 Å². The van der Waals surface area contributed by atoms with Crippen LogP contribution in [0.1, 0.15) is 54.0 Å². The first-order valence-corrected chi connectivity index (χ1v) is 14.5. The molecule has 8 heteroatoms. The van der Waals surface area contributed by atoms with Crippen molar-refractivity contribution in [1.29, 1.82) is 0 Å². The van der Waals surface area contributed by atoms with Crippen molar-refractivity contribution >= 4 is 27.0 Å². The van der Waals surface area contributed by atoms with E-state index in [0.717, 1.165) is 28.5 Å². The summed E-state index contributed by atoms with van der Waals surface area (Å²) in [4.78, 5) is 26.2. The second-order valence-corrected chi connectivity index (χ2v) is 11.5. The Hall–Kier alpha value is -3.75. The zero-order valence-corrected chi connectivity index (χ0v) is 23.4. The molecule has 0 saturated heterocycles. The number of carbonyl (C=O) groups excluding carboxylic acids is 1. The van der Waals surface area contributed by atoms with Gasteiger partial charge in [-0.1, -0.05) is 67.8 Å². The fourth-order valence-electron chi connectivity index (χ4n) is 4.47. The van der Waals surface area contributed by atoms with E-state index in [-0.39, 0.29) is 17.1 Å². The van der Waals surface area contributed by atoms with Crippen LogP contribution >= 0.6 is 0 Å². The molecule has 204 valence electrons. The molecule has 0 aliphatic heterocycles. The first-order chi connectivity index (χ1) is 18.6. The zero-order valence-electron chi connectivity index (χ0n) is 22.6. The van der Waals surface area contributed by atoms with Crippen molar-refractivity contribution in [2.75, 3.05) is 0 Å². The number of aryl methyl sites for hydroxylation is 3. The lowest BCUT2D eigenvalue weighted by Gasteiger charge is -2.19. The third kappa shape index (κ3) is 6.46. The minimum absolute atomic E-state index is 0.0767. The summed E-state index contributed by atoms with van der Waals surface area (Å²) in [5.74, 6) is -0.511. The summed E-state index contributed by atoms with van der Waals surface area (Å²) >= 11 is 0. The lowest BCUT2D eigenvalue weighted by atomic mass is 9.98. The van der Waals surface area contributed by atoms with Gasteiger partial charge in [0.25, 0.3) is 0 Å². The lowest BCUT2D eigenvalue weighted by molar-refractivity contribution is -0.136. The molecule has 1 atom stereocenters. The summed E-state index contributed by atoms with van der Waals surface area (Å²) in [6.45, 7) is 7.41. The van der Waals surface area contributed by atoms with Crippen molar-refractivity contribution in [3.05, 3.63) is 105 Å². The smallest absolute Gasteiger partial charge is 0.340 e. The fraction of sp³-hybridized carbons (Fsp3) is 0.290. The van der Waals surface area contributed by atoms with Crippen LogP contribution in [0.3, 0.4) is 0 Å². The maximum Gasteiger partial charge on any atom is 0.340 e. The van der Waals surface area contributed by atoms with Crippen molar-refractivity contribution in [3.8, 4) is 5.75 Å². The van der Waals surface area contributed by atoms with E-state index in [1.165, 1.54) is 12.1 Å². The normalized spacial score (nSPS) is 12.4. The van der Waals surface area contributed by atoms with E-state index in [4.69, 9.17) is 9.15 Å². The predicted octanol–water partition coefficient (Wildman–Crippen LogP) is 5.75. The predicted molar refractivity (Wildman–Crippen MR) is 152 cm³/mol. The van der Waals surface area contributed by atoms with E-state index in [9.17, 15) is 18.0 Å². The maximum absolute atomic E-state index is 13.2. The molecule has 0 aliphatic rings. The van der Waals surface area contributed by atoms with Gasteiger partial charge in [0.05, 0.1) is 4.90 Å². The Kier molecular flexibility index (Phi) is 8.67. The third-order valence-corrected chi connectivity index (χ3v) is 8.34. The first kappa shape index (κ1) is 28.3. The number of unbranched alkanes of at least 4 members (excludes halogenated alkanes) is 1. The highest BCUT2D eigenvalue weighted by molar-refractivity contribution is 7.89. The molecule has 1 aromatic heterocycles. The van der Waals surface area contributed by atoms with Crippen molar-refractivity contribution < 1.29 is 22.4 Å². The van der Waals surface area contributed by atoms with Gasteiger partial charge in [-0.05, 0) is 62.6 Å². The minimum Gasteiger partial charge on any atom is -0.425 e. The fourth-order valence-corrected chi connectivity index (χ4v) is 5.69. The summed E-state index contributed by atoms with van der Waals surface area (Å²) < 4.78 is 39.9. The van der Waals surface area contributed by atoms with Gasteiger partial charge < -0.3 is 9.15 Å². The molecule has 4 rings (SSSR count). The number of nitrogens with one attached hydrogen (secondary N) is 1. The molecule has 3 aromatic carbocycles. The molecule has 4 aromatic rings. The first-order valence-electron chi connectivity index (χ1n) is 13.0. The molecule has 0 aliphatic carbocycles. The molecule has 0 fully saturated rings. The lowest BCUT2D eigenvalue weighted by Crippen LogP contribution is -2.43. The van der Waals surface area contributed by atoms with Gasteiger partial charge in [0.2, 0.25) is 10.0 Å². The highest BCUT2D eigenvalue weighted by Crippen LogP contribution is 2.30. The molecular formula is C31H33NO6S. The molecule has 0 radical (unpaired) electrons. The van der Waals surface area contributed by atoms with Gasteiger partial charge in [0, 0.05) is 22.9 Å². The van der Waals surface area contributed by atoms with Crippen LogP contribution in [0.5, 0.6) is 5.75 Å². The molecule has 0 amide bonds. The second kappa shape index (κ2) is 12.0. The minimum atomic E-state index is -3.94. The van der Waals surface area contributed by atoms with Crippen molar-refractivity contribution in [2.45, 2.75) is 64.3 Å². The topological polar surface area (TPSA) is 103 Å². The summed E-state index contributed by atoms with van der Waals surface area (Å²) in [5.41, 5.74) is 3.69. The summed E-state index contributed by atoms with van der Waals surface area (Å²) in [7, 11) is -3.94. The van der Waals surface area contributed by atoms with Crippen LogP contribution in [0.15, 0.2) is 80.8 Å². The van der Waals surface area contributed by atoms with Gasteiger partial charge in [-0.2, -0.15) is 4.72 Å². The van der Waals surface area contributed by atoms with Crippen LogP contribution in [-0.4, -0.2) is 20.4 Å². The van der Waals surface area contributed by atoms with E-state index in [2.05, 4.69) is 4.72 Å². The highest BCUT2D eigenvalue weighted by Gasteiger charge is 2.28. The monoisotopic (exact) mass is 547 g/mol. The maximum atomic E-state index is 13.2. The number of hydrogen-bond acceptors (Lipinski definition) is 6. The summed E-state index contributed by atoms with van der Waals surface area (Å²) in [5, 5.41) is 0.750. The van der Waals surface area contributed by atoms with Crippen LogP contribution in [0.4, 0.5) is 0 Å². The van der Waals surface area contributed by atoms with Gasteiger partial charge in [-0.15, -0.1) is 0 Å². The number of hydrogen-bond donors (Lipinski definition) is 1. The molecule has 7 nitrogen and oxygen atoms in total. The molecular weight excluding hydrogens is 514 g/mol.